The molecule has 1 heterocycles. The summed E-state index contributed by atoms with van der Waals surface area (Å²) in [6.45, 7) is 3.18. The van der Waals surface area contributed by atoms with Crippen molar-refractivity contribution in [2.24, 2.45) is 5.92 Å². The Morgan fingerprint density at radius 1 is 1.17 bits per heavy atom. The molecule has 0 saturated carbocycles. The molecule has 0 aliphatic carbocycles. The standard InChI is InChI=1S/C9H21N3O4S2/c1-9-4-3-7-12(8-9)18(15,16)11-6-5-10-17(2,13)14/h9-11H,3-8H2,1-2H3/t9-/m0/s1. The van der Waals surface area contributed by atoms with Gasteiger partial charge in [-0.3, -0.25) is 0 Å². The minimum Gasteiger partial charge on any atom is -0.214 e. The van der Waals surface area contributed by atoms with Gasteiger partial charge < -0.3 is 0 Å². The van der Waals surface area contributed by atoms with E-state index in [0.717, 1.165) is 19.1 Å². The van der Waals surface area contributed by atoms with Crippen LogP contribution in [0, 0.1) is 5.92 Å². The van der Waals surface area contributed by atoms with Gasteiger partial charge >= 0.3 is 0 Å². The highest BCUT2D eigenvalue weighted by molar-refractivity contribution is 7.88. The summed E-state index contributed by atoms with van der Waals surface area (Å²) in [5.74, 6) is 0.365. The van der Waals surface area contributed by atoms with Crippen molar-refractivity contribution in [1.29, 1.82) is 0 Å². The van der Waals surface area contributed by atoms with Crippen molar-refractivity contribution < 1.29 is 16.8 Å². The number of nitrogens with one attached hydrogen (secondary N) is 2. The van der Waals surface area contributed by atoms with Crippen LogP contribution >= 0.6 is 0 Å². The summed E-state index contributed by atoms with van der Waals surface area (Å²) < 4.78 is 51.4. The van der Waals surface area contributed by atoms with E-state index in [0.29, 0.717) is 19.0 Å². The summed E-state index contributed by atoms with van der Waals surface area (Å²) in [6, 6.07) is 0. The third-order valence-electron chi connectivity index (χ3n) is 2.73. The van der Waals surface area contributed by atoms with Crippen molar-refractivity contribution in [3.63, 3.8) is 0 Å². The van der Waals surface area contributed by atoms with Crippen LogP contribution in [0.15, 0.2) is 0 Å². The fourth-order valence-electron chi connectivity index (χ4n) is 1.87. The average Bonchev–Trinajstić information content (AvgIpc) is 2.23. The SMILES string of the molecule is C[C@H]1CCCN(S(=O)(=O)NCCNS(C)(=O)=O)C1. The molecule has 2 N–H and O–H groups in total. The molecule has 1 rings (SSSR count). The molecule has 9 heteroatoms. The maximum atomic E-state index is 11.9. The topological polar surface area (TPSA) is 95.6 Å². The molecule has 0 aromatic carbocycles. The molecule has 18 heavy (non-hydrogen) atoms. The van der Waals surface area contributed by atoms with Gasteiger partial charge in [-0.1, -0.05) is 6.92 Å². The van der Waals surface area contributed by atoms with E-state index in [4.69, 9.17) is 0 Å². The van der Waals surface area contributed by atoms with E-state index in [9.17, 15) is 16.8 Å². The van der Waals surface area contributed by atoms with Crippen molar-refractivity contribution in [2.75, 3.05) is 32.4 Å². The zero-order valence-electron chi connectivity index (χ0n) is 10.7. The fourth-order valence-corrected chi connectivity index (χ4v) is 3.71. The van der Waals surface area contributed by atoms with E-state index in [2.05, 4.69) is 9.44 Å². The van der Waals surface area contributed by atoms with Gasteiger partial charge in [0.25, 0.3) is 10.2 Å². The van der Waals surface area contributed by atoms with Crippen LogP contribution in [0.4, 0.5) is 0 Å². The lowest BCUT2D eigenvalue weighted by Crippen LogP contribution is -2.47. The summed E-state index contributed by atoms with van der Waals surface area (Å²) >= 11 is 0. The molecule has 0 unspecified atom stereocenters. The van der Waals surface area contributed by atoms with Crippen LogP contribution in [-0.4, -0.2) is 53.6 Å². The highest BCUT2D eigenvalue weighted by Gasteiger charge is 2.26. The maximum absolute atomic E-state index is 11.9. The smallest absolute Gasteiger partial charge is 0.214 e. The van der Waals surface area contributed by atoms with E-state index in [-0.39, 0.29) is 13.1 Å². The Morgan fingerprint density at radius 2 is 1.78 bits per heavy atom. The summed E-state index contributed by atoms with van der Waals surface area (Å²) in [5, 5.41) is 0. The number of rotatable bonds is 6. The highest BCUT2D eigenvalue weighted by atomic mass is 32.2. The van der Waals surface area contributed by atoms with E-state index in [1.807, 2.05) is 6.92 Å². The normalized spacial score (nSPS) is 23.1. The molecule has 0 spiro atoms. The first kappa shape index (κ1) is 15.8. The van der Waals surface area contributed by atoms with Crippen LogP contribution in [-0.2, 0) is 20.2 Å². The third kappa shape index (κ3) is 5.61. The maximum Gasteiger partial charge on any atom is 0.279 e. The lowest BCUT2D eigenvalue weighted by molar-refractivity contribution is 0.278. The minimum atomic E-state index is -3.49. The Balaban J connectivity index is 2.40. The molecule has 1 aliphatic heterocycles. The number of hydrogen-bond acceptors (Lipinski definition) is 4. The van der Waals surface area contributed by atoms with E-state index >= 15 is 0 Å². The summed E-state index contributed by atoms with van der Waals surface area (Å²) in [4.78, 5) is 0. The average molecular weight is 299 g/mol. The monoisotopic (exact) mass is 299 g/mol. The summed E-state index contributed by atoms with van der Waals surface area (Å²) in [5.41, 5.74) is 0. The van der Waals surface area contributed by atoms with Gasteiger partial charge in [-0.05, 0) is 18.8 Å². The fraction of sp³-hybridized carbons (Fsp3) is 1.00. The van der Waals surface area contributed by atoms with Gasteiger partial charge in [0.2, 0.25) is 10.0 Å². The van der Waals surface area contributed by atoms with Gasteiger partial charge in [-0.25, -0.2) is 17.9 Å². The van der Waals surface area contributed by atoms with Gasteiger partial charge in [0.15, 0.2) is 0 Å². The zero-order chi connectivity index (χ0) is 13.8. The second kappa shape index (κ2) is 6.29. The van der Waals surface area contributed by atoms with Crippen LogP contribution in [0.3, 0.4) is 0 Å². The Bertz CT molecular complexity index is 460. The van der Waals surface area contributed by atoms with Gasteiger partial charge in [-0.2, -0.15) is 12.7 Å². The molecule has 0 radical (unpaired) electrons. The van der Waals surface area contributed by atoms with Crippen molar-refractivity contribution in [1.82, 2.24) is 13.7 Å². The predicted molar refractivity (Wildman–Crippen MR) is 69.7 cm³/mol. The van der Waals surface area contributed by atoms with E-state index in [1.165, 1.54) is 4.31 Å². The van der Waals surface area contributed by atoms with Crippen LogP contribution in [0.1, 0.15) is 19.8 Å². The number of hydrogen-bond donors (Lipinski definition) is 2. The van der Waals surface area contributed by atoms with Crippen LogP contribution < -0.4 is 9.44 Å². The van der Waals surface area contributed by atoms with Crippen molar-refractivity contribution in [3.8, 4) is 0 Å². The summed E-state index contributed by atoms with van der Waals surface area (Å²) in [6.07, 6.45) is 2.94. The first-order valence-electron chi connectivity index (χ1n) is 5.90. The number of nitrogens with zero attached hydrogens (tertiary/aromatic N) is 1. The molecular weight excluding hydrogens is 278 g/mol. The molecule has 0 aromatic heterocycles. The highest BCUT2D eigenvalue weighted by Crippen LogP contribution is 2.17. The molecule has 7 nitrogen and oxygen atoms in total. The molecule has 1 aliphatic rings. The lowest BCUT2D eigenvalue weighted by Gasteiger charge is -2.29. The molecule has 0 bridgehead atoms. The quantitative estimate of drug-likeness (QED) is 0.621. The molecule has 108 valence electrons. The van der Waals surface area contributed by atoms with Gasteiger partial charge in [-0.15, -0.1) is 0 Å². The lowest BCUT2D eigenvalue weighted by atomic mass is 10.0. The van der Waals surface area contributed by atoms with Crippen molar-refractivity contribution >= 4 is 20.2 Å². The molecule has 0 amide bonds. The Labute approximate surface area is 109 Å². The number of piperidine rings is 1. The minimum absolute atomic E-state index is 0.0558. The van der Waals surface area contributed by atoms with Crippen molar-refractivity contribution in [3.05, 3.63) is 0 Å². The van der Waals surface area contributed by atoms with E-state index in [1.54, 1.807) is 0 Å². The Hall–Kier alpha value is -0.220. The molecule has 0 aromatic rings. The van der Waals surface area contributed by atoms with Gasteiger partial charge in [0.1, 0.15) is 0 Å². The Kier molecular flexibility index (Phi) is 5.53. The van der Waals surface area contributed by atoms with Gasteiger partial charge in [0.05, 0.1) is 6.26 Å². The van der Waals surface area contributed by atoms with Gasteiger partial charge in [0, 0.05) is 26.2 Å². The third-order valence-corrected chi connectivity index (χ3v) is 5.04. The van der Waals surface area contributed by atoms with Crippen LogP contribution in [0.5, 0.6) is 0 Å². The molecular formula is C9H21N3O4S2. The second-order valence-electron chi connectivity index (χ2n) is 4.67. The first-order valence-corrected chi connectivity index (χ1v) is 9.23. The zero-order valence-corrected chi connectivity index (χ0v) is 12.3. The molecule has 1 fully saturated rings. The molecule has 1 atom stereocenters. The van der Waals surface area contributed by atoms with Crippen LogP contribution in [0.2, 0.25) is 0 Å². The largest absolute Gasteiger partial charge is 0.279 e. The summed E-state index contributed by atoms with van der Waals surface area (Å²) in [7, 11) is -6.76. The van der Waals surface area contributed by atoms with E-state index < -0.39 is 20.2 Å². The Morgan fingerprint density at radius 3 is 2.33 bits per heavy atom. The predicted octanol–water partition coefficient (Wildman–Crippen LogP) is -0.898. The second-order valence-corrected chi connectivity index (χ2v) is 8.26. The van der Waals surface area contributed by atoms with Crippen LogP contribution in [0.25, 0.3) is 0 Å². The number of sulfonamides is 1. The van der Waals surface area contributed by atoms with Crippen molar-refractivity contribution in [2.45, 2.75) is 19.8 Å². The first-order chi connectivity index (χ1) is 8.21. The molecule has 1 saturated heterocycles.